The molecular formula is C13H24N4O2. The minimum absolute atomic E-state index is 0.0654. The molecule has 6 heteroatoms. The molecule has 0 aliphatic carbocycles. The monoisotopic (exact) mass is 268 g/mol. The van der Waals surface area contributed by atoms with E-state index in [-0.39, 0.29) is 12.7 Å². The van der Waals surface area contributed by atoms with Gasteiger partial charge in [0.1, 0.15) is 5.82 Å². The van der Waals surface area contributed by atoms with E-state index >= 15 is 0 Å². The molecule has 1 atom stereocenters. The Morgan fingerprint density at radius 2 is 2.32 bits per heavy atom. The fourth-order valence-electron chi connectivity index (χ4n) is 2.56. The van der Waals surface area contributed by atoms with Gasteiger partial charge >= 0.3 is 0 Å². The summed E-state index contributed by atoms with van der Waals surface area (Å²) in [5, 5.41) is 17.1. The van der Waals surface area contributed by atoms with Gasteiger partial charge in [0.15, 0.2) is 0 Å². The smallest absolute Gasteiger partial charge is 0.131 e. The van der Waals surface area contributed by atoms with E-state index in [9.17, 15) is 5.11 Å². The third-order valence-electron chi connectivity index (χ3n) is 3.51. The topological polar surface area (TPSA) is 62.6 Å². The summed E-state index contributed by atoms with van der Waals surface area (Å²) in [7, 11) is 1.97. The molecule has 1 fully saturated rings. The number of morpholine rings is 1. The van der Waals surface area contributed by atoms with Gasteiger partial charge in [0, 0.05) is 32.2 Å². The molecule has 0 spiro atoms. The zero-order valence-electron chi connectivity index (χ0n) is 12.0. The fourth-order valence-corrected chi connectivity index (χ4v) is 2.56. The zero-order chi connectivity index (χ0) is 13.8. The molecule has 1 aromatic heterocycles. The van der Waals surface area contributed by atoms with Crippen LogP contribution in [-0.4, -0.2) is 53.8 Å². The fraction of sp³-hybridized carbons (Fsp3) is 0.769. The van der Waals surface area contributed by atoms with Crippen molar-refractivity contribution in [2.45, 2.75) is 26.5 Å². The Balaban J connectivity index is 2.22. The van der Waals surface area contributed by atoms with E-state index in [4.69, 9.17) is 4.74 Å². The van der Waals surface area contributed by atoms with Gasteiger partial charge in [-0.2, -0.15) is 5.10 Å². The maximum atomic E-state index is 9.25. The number of hydrogen-bond acceptors (Lipinski definition) is 5. The molecule has 108 valence electrons. The summed E-state index contributed by atoms with van der Waals surface area (Å²) in [4.78, 5) is 2.26. The van der Waals surface area contributed by atoms with Gasteiger partial charge in [0.25, 0.3) is 0 Å². The highest BCUT2D eigenvalue weighted by Gasteiger charge is 2.25. The average Bonchev–Trinajstić information content (AvgIpc) is 2.70. The van der Waals surface area contributed by atoms with Crippen molar-refractivity contribution in [3.8, 4) is 0 Å². The molecule has 0 bridgehead atoms. The van der Waals surface area contributed by atoms with E-state index in [1.54, 1.807) is 0 Å². The van der Waals surface area contributed by atoms with Crippen LogP contribution in [0.15, 0.2) is 0 Å². The van der Waals surface area contributed by atoms with Crippen molar-refractivity contribution >= 4 is 5.82 Å². The Morgan fingerprint density at radius 1 is 1.53 bits per heavy atom. The number of nitrogens with zero attached hydrogens (tertiary/aromatic N) is 3. The van der Waals surface area contributed by atoms with Crippen LogP contribution in [0.4, 0.5) is 5.82 Å². The molecule has 1 unspecified atom stereocenters. The summed E-state index contributed by atoms with van der Waals surface area (Å²) >= 11 is 0. The number of rotatable bonds is 5. The van der Waals surface area contributed by atoms with Crippen molar-refractivity contribution in [2.75, 3.05) is 37.7 Å². The highest BCUT2D eigenvalue weighted by molar-refractivity contribution is 5.50. The first kappa shape index (κ1) is 14.3. The number of nitrogens with one attached hydrogen (secondary N) is 1. The van der Waals surface area contributed by atoms with Crippen molar-refractivity contribution in [1.29, 1.82) is 0 Å². The van der Waals surface area contributed by atoms with E-state index in [0.717, 1.165) is 31.1 Å². The van der Waals surface area contributed by atoms with Crippen molar-refractivity contribution in [3.05, 3.63) is 11.3 Å². The SMILES string of the molecule is CCNCc1c(C)nn(C)c1N1CCOC(CO)C1. The molecule has 6 nitrogen and oxygen atoms in total. The van der Waals surface area contributed by atoms with E-state index in [0.29, 0.717) is 13.2 Å². The van der Waals surface area contributed by atoms with Gasteiger partial charge in [0.2, 0.25) is 0 Å². The van der Waals surface area contributed by atoms with E-state index in [1.807, 2.05) is 18.7 Å². The van der Waals surface area contributed by atoms with Crippen molar-refractivity contribution in [1.82, 2.24) is 15.1 Å². The molecule has 0 saturated carbocycles. The molecule has 2 N–H and O–H groups in total. The largest absolute Gasteiger partial charge is 0.394 e. The van der Waals surface area contributed by atoms with Crippen molar-refractivity contribution < 1.29 is 9.84 Å². The molecule has 2 rings (SSSR count). The lowest BCUT2D eigenvalue weighted by atomic mass is 10.2. The van der Waals surface area contributed by atoms with Crippen LogP contribution in [0.25, 0.3) is 0 Å². The second kappa shape index (κ2) is 6.36. The summed E-state index contributed by atoms with van der Waals surface area (Å²) in [6, 6.07) is 0. The Hall–Kier alpha value is -1.11. The lowest BCUT2D eigenvalue weighted by molar-refractivity contribution is 0.00314. The molecule has 0 radical (unpaired) electrons. The van der Waals surface area contributed by atoms with Gasteiger partial charge in [0.05, 0.1) is 25.0 Å². The highest BCUT2D eigenvalue weighted by Crippen LogP contribution is 2.25. The summed E-state index contributed by atoms with van der Waals surface area (Å²) in [5.74, 6) is 1.14. The van der Waals surface area contributed by atoms with E-state index in [1.165, 1.54) is 5.56 Å². The molecule has 0 amide bonds. The van der Waals surface area contributed by atoms with Gasteiger partial charge in [-0.15, -0.1) is 0 Å². The van der Waals surface area contributed by atoms with Gasteiger partial charge in [-0.3, -0.25) is 4.68 Å². The second-order valence-corrected chi connectivity index (χ2v) is 4.91. The lowest BCUT2D eigenvalue weighted by Gasteiger charge is -2.34. The first-order valence-corrected chi connectivity index (χ1v) is 6.88. The molecule has 2 heterocycles. The molecule has 1 aliphatic rings. The molecule has 1 aromatic rings. The van der Waals surface area contributed by atoms with E-state index in [2.05, 4.69) is 22.2 Å². The summed E-state index contributed by atoms with van der Waals surface area (Å²) in [6.07, 6.45) is -0.101. The van der Waals surface area contributed by atoms with Crippen molar-refractivity contribution in [2.24, 2.45) is 7.05 Å². The van der Waals surface area contributed by atoms with Crippen molar-refractivity contribution in [3.63, 3.8) is 0 Å². The Bertz CT molecular complexity index is 419. The predicted octanol–water partition coefficient (Wildman–Crippen LogP) is 0.0355. The molecule has 19 heavy (non-hydrogen) atoms. The maximum absolute atomic E-state index is 9.25. The highest BCUT2D eigenvalue weighted by atomic mass is 16.5. The number of aliphatic hydroxyl groups is 1. The predicted molar refractivity (Wildman–Crippen MR) is 74.4 cm³/mol. The summed E-state index contributed by atoms with van der Waals surface area (Å²) in [5.41, 5.74) is 2.30. The summed E-state index contributed by atoms with van der Waals surface area (Å²) < 4.78 is 7.44. The maximum Gasteiger partial charge on any atom is 0.131 e. The van der Waals surface area contributed by atoms with Crippen LogP contribution in [0, 0.1) is 6.92 Å². The Labute approximate surface area is 114 Å². The van der Waals surface area contributed by atoms with Gasteiger partial charge in [-0.05, 0) is 13.5 Å². The number of ether oxygens (including phenoxy) is 1. The molecule has 1 aliphatic heterocycles. The number of aromatic nitrogens is 2. The standard InChI is InChI=1S/C13H24N4O2/c1-4-14-7-12-10(2)15-16(3)13(12)17-5-6-19-11(8-17)9-18/h11,14,18H,4-9H2,1-3H3. The van der Waals surface area contributed by atoms with Crippen LogP contribution in [0.5, 0.6) is 0 Å². The van der Waals surface area contributed by atoms with Crippen LogP contribution in [-0.2, 0) is 18.3 Å². The van der Waals surface area contributed by atoms with Crippen LogP contribution in [0.2, 0.25) is 0 Å². The molecule has 1 saturated heterocycles. The third kappa shape index (κ3) is 3.08. The second-order valence-electron chi connectivity index (χ2n) is 4.91. The number of aliphatic hydroxyl groups excluding tert-OH is 1. The lowest BCUT2D eigenvalue weighted by Crippen LogP contribution is -2.45. The summed E-state index contributed by atoms with van der Waals surface area (Å²) in [6.45, 7) is 8.18. The first-order chi connectivity index (χ1) is 9.17. The van der Waals surface area contributed by atoms with Gasteiger partial charge in [-0.25, -0.2) is 0 Å². The minimum atomic E-state index is -0.101. The average molecular weight is 268 g/mol. The van der Waals surface area contributed by atoms with Gasteiger partial charge < -0.3 is 20.1 Å². The number of hydrogen-bond donors (Lipinski definition) is 2. The van der Waals surface area contributed by atoms with Gasteiger partial charge in [-0.1, -0.05) is 6.92 Å². The molecular weight excluding hydrogens is 244 g/mol. The van der Waals surface area contributed by atoms with Crippen LogP contribution >= 0.6 is 0 Å². The van der Waals surface area contributed by atoms with Crippen LogP contribution in [0.1, 0.15) is 18.2 Å². The Kier molecular flexibility index (Phi) is 4.79. The van der Waals surface area contributed by atoms with Crippen LogP contribution < -0.4 is 10.2 Å². The zero-order valence-corrected chi connectivity index (χ0v) is 12.0. The Morgan fingerprint density at radius 3 is 3.00 bits per heavy atom. The minimum Gasteiger partial charge on any atom is -0.394 e. The third-order valence-corrected chi connectivity index (χ3v) is 3.51. The van der Waals surface area contributed by atoms with E-state index < -0.39 is 0 Å². The normalized spacial score (nSPS) is 20.0. The first-order valence-electron chi connectivity index (χ1n) is 6.88. The number of aryl methyl sites for hydroxylation is 2. The van der Waals surface area contributed by atoms with Crippen LogP contribution in [0.3, 0.4) is 0 Å². The number of anilines is 1. The molecule has 0 aromatic carbocycles. The quantitative estimate of drug-likeness (QED) is 0.789.